The Bertz CT molecular complexity index is 992. The Morgan fingerprint density at radius 2 is 2.06 bits per heavy atom. The first-order valence-corrected chi connectivity index (χ1v) is 11.5. The monoisotopic (exact) mass is 458 g/mol. The number of rotatable bonds is 3. The van der Waals surface area contributed by atoms with Crippen LogP contribution in [0.15, 0.2) is 30.5 Å². The number of piperidine rings is 1. The molecule has 0 saturated carbocycles. The lowest BCUT2D eigenvalue weighted by atomic mass is 10.0. The molecule has 0 spiro atoms. The van der Waals surface area contributed by atoms with Gasteiger partial charge < -0.3 is 24.6 Å². The number of amides is 1. The number of ether oxygens (including phenoxy) is 2. The van der Waals surface area contributed by atoms with Crippen molar-refractivity contribution in [2.24, 2.45) is 0 Å². The summed E-state index contributed by atoms with van der Waals surface area (Å²) in [4.78, 5) is 21.1. The first kappa shape index (κ1) is 22.5. The highest BCUT2D eigenvalue weighted by molar-refractivity contribution is 6.29. The molecule has 0 aliphatic carbocycles. The smallest absolute Gasteiger partial charge is 0.407 e. The Morgan fingerprint density at radius 3 is 2.84 bits per heavy atom. The predicted molar refractivity (Wildman–Crippen MR) is 128 cm³/mol. The molecule has 1 N–H and O–H groups in total. The second-order valence-corrected chi connectivity index (χ2v) is 9.80. The van der Waals surface area contributed by atoms with Crippen LogP contribution in [0.4, 0.5) is 16.2 Å². The predicted octanol–water partition coefficient (Wildman–Crippen LogP) is 4.72. The molecule has 1 aromatic heterocycles. The molecule has 1 aromatic carbocycles. The van der Waals surface area contributed by atoms with Crippen LogP contribution >= 0.6 is 11.6 Å². The highest BCUT2D eigenvalue weighted by atomic mass is 35.5. The molecule has 4 rings (SSSR count). The van der Waals surface area contributed by atoms with Gasteiger partial charge in [0.05, 0.1) is 12.2 Å². The molecule has 0 unspecified atom stereocenters. The van der Waals surface area contributed by atoms with Gasteiger partial charge in [-0.05, 0) is 57.4 Å². The van der Waals surface area contributed by atoms with Crippen LogP contribution in [0.2, 0.25) is 5.15 Å². The lowest BCUT2D eigenvalue weighted by Crippen LogP contribution is -2.49. The number of hydrogen-bond donors (Lipinski definition) is 1. The van der Waals surface area contributed by atoms with E-state index >= 15 is 0 Å². The molecule has 1 fully saturated rings. The van der Waals surface area contributed by atoms with Gasteiger partial charge in [0.25, 0.3) is 0 Å². The van der Waals surface area contributed by atoms with E-state index in [1.807, 2.05) is 33.0 Å². The average Bonchev–Trinajstić information content (AvgIpc) is 2.72. The highest BCUT2D eigenvalue weighted by Crippen LogP contribution is 2.39. The van der Waals surface area contributed by atoms with Gasteiger partial charge in [0.15, 0.2) is 0 Å². The maximum atomic E-state index is 12.3. The number of pyridine rings is 1. The summed E-state index contributed by atoms with van der Waals surface area (Å²) in [6, 6.07) is 8.15. The highest BCUT2D eigenvalue weighted by Gasteiger charge is 2.26. The summed E-state index contributed by atoms with van der Waals surface area (Å²) >= 11 is 6.29. The quantitative estimate of drug-likeness (QED) is 0.671. The number of benzene rings is 1. The number of carbonyl (C=O) groups excluding carboxylic acids is 1. The average molecular weight is 459 g/mol. The molecule has 0 bridgehead atoms. The Kier molecular flexibility index (Phi) is 6.38. The van der Waals surface area contributed by atoms with Crippen molar-refractivity contribution < 1.29 is 14.3 Å². The minimum atomic E-state index is -0.521. The van der Waals surface area contributed by atoms with Gasteiger partial charge >= 0.3 is 6.09 Å². The standard InChI is InChI=1S/C24H31ClN4O3/c1-24(2,3)32-23(30)27-17-6-5-9-29(15-17)20-13-22(25)26-14-18(20)16-7-8-19-21(12-16)31-11-10-28(19)4/h7-8,12-14,17H,5-6,9-11,15H2,1-4H3,(H,27,30)/t17-/m0/s1. The summed E-state index contributed by atoms with van der Waals surface area (Å²) < 4.78 is 11.3. The molecule has 7 nitrogen and oxygen atoms in total. The molecule has 172 valence electrons. The van der Waals surface area contributed by atoms with Gasteiger partial charge in [0, 0.05) is 43.6 Å². The van der Waals surface area contributed by atoms with Crippen LogP contribution in [0, 0.1) is 0 Å². The molecular weight excluding hydrogens is 428 g/mol. The molecule has 1 amide bonds. The van der Waals surface area contributed by atoms with Gasteiger partial charge in [-0.1, -0.05) is 17.7 Å². The van der Waals surface area contributed by atoms with Crippen molar-refractivity contribution in [3.8, 4) is 16.9 Å². The van der Waals surface area contributed by atoms with E-state index in [0.717, 1.165) is 54.2 Å². The lowest BCUT2D eigenvalue weighted by molar-refractivity contribution is 0.0500. The molecule has 2 aromatic rings. The summed E-state index contributed by atoms with van der Waals surface area (Å²) in [5.74, 6) is 0.875. The third-order valence-corrected chi connectivity index (χ3v) is 5.90. The van der Waals surface area contributed by atoms with Crippen molar-refractivity contribution in [2.45, 2.75) is 45.3 Å². The number of nitrogens with one attached hydrogen (secondary N) is 1. The maximum Gasteiger partial charge on any atom is 0.407 e. The van der Waals surface area contributed by atoms with E-state index in [4.69, 9.17) is 21.1 Å². The molecule has 1 saturated heterocycles. The largest absolute Gasteiger partial charge is 0.490 e. The number of likely N-dealkylation sites (N-methyl/N-ethyl adjacent to an activating group) is 1. The van der Waals surface area contributed by atoms with E-state index in [1.54, 1.807) is 0 Å². The third-order valence-electron chi connectivity index (χ3n) is 5.70. The number of anilines is 2. The van der Waals surface area contributed by atoms with Crippen molar-refractivity contribution in [1.29, 1.82) is 0 Å². The van der Waals surface area contributed by atoms with Gasteiger partial charge in [-0.25, -0.2) is 9.78 Å². The molecule has 32 heavy (non-hydrogen) atoms. The van der Waals surface area contributed by atoms with Crippen LogP contribution in [-0.4, -0.2) is 56.0 Å². The number of halogens is 1. The van der Waals surface area contributed by atoms with Gasteiger partial charge in [-0.15, -0.1) is 0 Å². The van der Waals surface area contributed by atoms with E-state index in [1.165, 1.54) is 0 Å². The van der Waals surface area contributed by atoms with E-state index in [9.17, 15) is 4.79 Å². The van der Waals surface area contributed by atoms with Gasteiger partial charge in [0.1, 0.15) is 23.1 Å². The minimum absolute atomic E-state index is 0.00101. The zero-order valence-corrected chi connectivity index (χ0v) is 19.9. The second kappa shape index (κ2) is 9.06. The summed E-state index contributed by atoms with van der Waals surface area (Å²) in [6.07, 6.45) is 3.30. The lowest BCUT2D eigenvalue weighted by Gasteiger charge is -2.36. The number of nitrogens with zero attached hydrogens (tertiary/aromatic N) is 3. The molecule has 2 aliphatic heterocycles. The van der Waals surface area contributed by atoms with Crippen LogP contribution in [-0.2, 0) is 4.74 Å². The maximum absolute atomic E-state index is 12.3. The summed E-state index contributed by atoms with van der Waals surface area (Å²) in [7, 11) is 2.07. The van der Waals surface area contributed by atoms with E-state index in [2.05, 4.69) is 45.3 Å². The van der Waals surface area contributed by atoms with Crippen molar-refractivity contribution in [3.05, 3.63) is 35.6 Å². The van der Waals surface area contributed by atoms with Gasteiger partial charge in [0.2, 0.25) is 0 Å². The van der Waals surface area contributed by atoms with E-state index < -0.39 is 5.60 Å². The fraction of sp³-hybridized carbons (Fsp3) is 0.500. The Labute approximate surface area is 194 Å². The van der Waals surface area contributed by atoms with Crippen molar-refractivity contribution in [1.82, 2.24) is 10.3 Å². The van der Waals surface area contributed by atoms with Crippen LogP contribution < -0.4 is 19.9 Å². The van der Waals surface area contributed by atoms with E-state index in [0.29, 0.717) is 18.3 Å². The molecule has 1 atom stereocenters. The molecule has 2 aliphatic rings. The number of hydrogen-bond acceptors (Lipinski definition) is 6. The number of aromatic nitrogens is 1. The molecular formula is C24H31ClN4O3. The van der Waals surface area contributed by atoms with Crippen LogP contribution in [0.3, 0.4) is 0 Å². The van der Waals surface area contributed by atoms with Crippen LogP contribution in [0.25, 0.3) is 11.1 Å². The Morgan fingerprint density at radius 1 is 1.25 bits per heavy atom. The normalized spacial score (nSPS) is 18.6. The number of alkyl carbamates (subject to hydrolysis) is 1. The summed E-state index contributed by atoms with van der Waals surface area (Å²) in [5.41, 5.74) is 3.59. The Balaban J connectivity index is 1.58. The SMILES string of the molecule is CN1CCOc2cc(-c3cnc(Cl)cc3N3CCC[C@H](NC(=O)OC(C)(C)C)C3)ccc21. The van der Waals surface area contributed by atoms with Crippen LogP contribution in [0.5, 0.6) is 5.75 Å². The third kappa shape index (κ3) is 5.21. The number of carbonyl (C=O) groups is 1. The zero-order valence-electron chi connectivity index (χ0n) is 19.2. The fourth-order valence-electron chi connectivity index (χ4n) is 4.22. The molecule has 0 radical (unpaired) electrons. The summed E-state index contributed by atoms with van der Waals surface area (Å²) in [6.45, 7) is 8.70. The first-order chi connectivity index (χ1) is 15.2. The molecule has 8 heteroatoms. The van der Waals surface area contributed by atoms with Crippen molar-refractivity contribution in [2.75, 3.05) is 43.1 Å². The topological polar surface area (TPSA) is 66.9 Å². The second-order valence-electron chi connectivity index (χ2n) is 9.41. The number of fused-ring (bicyclic) bond motifs is 1. The summed E-state index contributed by atoms with van der Waals surface area (Å²) in [5, 5.41) is 3.46. The van der Waals surface area contributed by atoms with Crippen molar-refractivity contribution >= 4 is 29.1 Å². The van der Waals surface area contributed by atoms with Crippen molar-refractivity contribution in [3.63, 3.8) is 0 Å². The van der Waals surface area contributed by atoms with Gasteiger partial charge in [-0.3, -0.25) is 0 Å². The minimum Gasteiger partial charge on any atom is -0.490 e. The molecule has 3 heterocycles. The van der Waals surface area contributed by atoms with Crippen LogP contribution in [0.1, 0.15) is 33.6 Å². The zero-order chi connectivity index (χ0) is 22.9. The Hall–Kier alpha value is -2.67. The van der Waals surface area contributed by atoms with E-state index in [-0.39, 0.29) is 12.1 Å². The fourth-order valence-corrected chi connectivity index (χ4v) is 4.37. The first-order valence-electron chi connectivity index (χ1n) is 11.1. The van der Waals surface area contributed by atoms with Gasteiger partial charge in [-0.2, -0.15) is 0 Å².